The van der Waals surface area contributed by atoms with Gasteiger partial charge in [0.1, 0.15) is 0 Å². The summed E-state index contributed by atoms with van der Waals surface area (Å²) in [7, 11) is 0. The van der Waals surface area contributed by atoms with Gasteiger partial charge in [0.2, 0.25) is 0 Å². The summed E-state index contributed by atoms with van der Waals surface area (Å²) < 4.78 is 0. The van der Waals surface area contributed by atoms with Crippen LogP contribution in [0.25, 0.3) is 0 Å². The van der Waals surface area contributed by atoms with Crippen molar-refractivity contribution in [2.24, 2.45) is 63.6 Å². The fourth-order valence-corrected chi connectivity index (χ4v) is 18.7. The van der Waals surface area contributed by atoms with Crippen LogP contribution in [-0.4, -0.2) is 45.7 Å². The van der Waals surface area contributed by atoms with E-state index >= 15 is 0 Å². The molecule has 0 aliphatic heterocycles. The van der Waals surface area contributed by atoms with E-state index in [4.69, 9.17) is 39.9 Å². The predicted octanol–water partition coefficient (Wildman–Crippen LogP) is 39.3. The number of nitrogens with zero attached hydrogens (tertiary/aromatic N) is 8. The third-order valence-corrected chi connectivity index (χ3v) is 26.3. The van der Waals surface area contributed by atoms with Crippen molar-refractivity contribution < 1.29 is 0 Å². The normalized spacial score (nSPS) is 14.3. The Balaban J connectivity index is 0.000000376. The largest absolute Gasteiger partial charge is 0.257 e. The second-order valence-corrected chi connectivity index (χ2v) is 42.4. The van der Waals surface area contributed by atoms with Crippen LogP contribution in [0.4, 0.5) is 45.5 Å². The van der Waals surface area contributed by atoms with Crippen molar-refractivity contribution in [2.45, 2.75) is 411 Å². The van der Waals surface area contributed by atoms with Crippen LogP contribution in [-0.2, 0) is 0 Å². The van der Waals surface area contributed by atoms with E-state index in [9.17, 15) is 0 Å². The van der Waals surface area contributed by atoms with Crippen molar-refractivity contribution in [3.63, 3.8) is 0 Å². The fraction of sp³-hybridized carbons (Fsp3) is 0.541. The minimum atomic E-state index is -0.245. The van der Waals surface area contributed by atoms with E-state index in [-0.39, 0.29) is 23.7 Å². The van der Waals surface area contributed by atoms with Crippen LogP contribution in [0.3, 0.4) is 0 Å². The van der Waals surface area contributed by atoms with Crippen molar-refractivity contribution in [1.29, 1.82) is 0 Å². The zero-order valence-corrected chi connectivity index (χ0v) is 89.8. The van der Waals surface area contributed by atoms with Gasteiger partial charge in [-0.15, -0.1) is 0 Å². The van der Waals surface area contributed by atoms with E-state index in [1.165, 1.54) is 115 Å². The van der Waals surface area contributed by atoms with Crippen LogP contribution in [0, 0.1) is 23.7 Å². The molecule has 0 amide bonds. The highest BCUT2D eigenvalue weighted by atomic mass is 14.9. The molecule has 0 spiro atoms. The number of para-hydroxylation sites is 8. The molecule has 0 aliphatic rings. The van der Waals surface area contributed by atoms with Gasteiger partial charge in [0.25, 0.3) is 0 Å². The fourth-order valence-electron chi connectivity index (χ4n) is 18.7. The summed E-state index contributed by atoms with van der Waals surface area (Å²) in [5.74, 6) is 4.00. The topological polar surface area (TPSA) is 98.9 Å². The third-order valence-electron chi connectivity index (χ3n) is 26.3. The molecule has 0 N–H and O–H groups in total. The standard InChI is InChI=1S/2C58H82N4.C6H14/c2*1-33(2)45-25-21-26-46(34(3)4)55(45)59-41(17)53(42(18)60-56-47(35(5)6)27-22-28-48(56)36(7)8)54(43(19)61-57-49(37(9)10)29-23-30-50(57)38(11)12)44(20)62-58-51(39(13)14)31-24-32-52(58)40(15)16;1-3-5-6-4-2/h2*21-40,53-54H,1-20H3;3-6H2,1-2H3. The van der Waals surface area contributed by atoms with Gasteiger partial charge in [-0.1, -0.05) is 407 Å². The van der Waals surface area contributed by atoms with Crippen molar-refractivity contribution in [2.75, 3.05) is 0 Å². The quantitative estimate of drug-likeness (QED) is 0.0274. The maximum absolute atomic E-state index is 5.79. The van der Waals surface area contributed by atoms with Crippen LogP contribution in [0.2, 0.25) is 0 Å². The Kier molecular flexibility index (Phi) is 43.0. The van der Waals surface area contributed by atoms with Crippen molar-refractivity contribution >= 4 is 91.2 Å². The molecule has 0 fully saturated rings. The van der Waals surface area contributed by atoms with E-state index in [0.29, 0.717) is 94.7 Å². The van der Waals surface area contributed by atoms with E-state index in [2.05, 4.69) is 436 Å². The second-order valence-electron chi connectivity index (χ2n) is 42.4. The minimum absolute atomic E-state index is 0.245. The highest BCUT2D eigenvalue weighted by Gasteiger charge is 2.37. The Bertz CT molecular complexity index is 4090. The van der Waals surface area contributed by atoms with E-state index in [0.717, 1.165) is 91.2 Å². The maximum atomic E-state index is 5.79. The smallest absolute Gasteiger partial charge is 0.0698 e. The van der Waals surface area contributed by atoms with E-state index < -0.39 is 0 Å². The zero-order chi connectivity index (χ0) is 97.5. The van der Waals surface area contributed by atoms with Gasteiger partial charge in [0.05, 0.1) is 45.5 Å². The molecule has 0 heterocycles. The van der Waals surface area contributed by atoms with Crippen LogP contribution in [0.1, 0.15) is 500 Å². The summed E-state index contributed by atoms with van der Waals surface area (Å²) >= 11 is 0. The number of benzene rings is 8. The number of hydrogen-bond donors (Lipinski definition) is 0. The molecule has 8 aromatic carbocycles. The SMILES string of the molecule is CC(=Nc1c(C(C)C)cccc1C(C)C)C(C(C)=Nc1c(C(C)C)cccc1C(C)C)C(C(C)=Nc1c(C(C)C)cccc1C(C)C)C(C)=Nc1c(C(C)C)cccc1C(C)C.CC(=Nc1c(C(C)C)cccc1C(C)C)C(C(C)=Nc1c(C(C)C)cccc1C(C)C)C(C(C)=Nc1c(C(C)C)cccc1C(C)C)C(C)=Nc1c(C(C)C)cccc1C(C)C.CCCCCC. The summed E-state index contributed by atoms with van der Waals surface area (Å²) in [5.41, 5.74) is 37.1. The van der Waals surface area contributed by atoms with Gasteiger partial charge < -0.3 is 0 Å². The van der Waals surface area contributed by atoms with Crippen LogP contribution in [0.5, 0.6) is 0 Å². The molecule has 8 aromatic rings. The molecule has 8 nitrogen and oxygen atoms in total. The highest BCUT2D eigenvalue weighted by molar-refractivity contribution is 6.20. The molecule has 0 aromatic heterocycles. The molecule has 8 heteroatoms. The maximum Gasteiger partial charge on any atom is 0.0698 e. The summed E-state index contributed by atoms with van der Waals surface area (Å²) in [4.78, 5) is 46.3. The molecule has 0 aliphatic carbocycles. The zero-order valence-electron chi connectivity index (χ0n) is 89.8. The summed E-state index contributed by atoms with van der Waals surface area (Å²) in [5, 5.41) is 0. The average Bonchev–Trinajstić information content (AvgIpc) is 0.780. The van der Waals surface area contributed by atoms with E-state index in [1.807, 2.05) is 0 Å². The first-order valence-electron chi connectivity index (χ1n) is 50.5. The van der Waals surface area contributed by atoms with Gasteiger partial charge in [-0.2, -0.15) is 0 Å². The number of unbranched alkanes of at least 4 members (excludes halogenated alkanes) is 3. The highest BCUT2D eigenvalue weighted by Crippen LogP contribution is 2.47. The van der Waals surface area contributed by atoms with Gasteiger partial charge in [0, 0.05) is 69.4 Å². The van der Waals surface area contributed by atoms with Gasteiger partial charge in [-0.3, -0.25) is 39.9 Å². The molecule has 130 heavy (non-hydrogen) atoms. The first kappa shape index (κ1) is 110. The number of rotatable bonds is 37. The molecule has 706 valence electrons. The van der Waals surface area contributed by atoms with Crippen LogP contribution >= 0.6 is 0 Å². The lowest BCUT2D eigenvalue weighted by Crippen LogP contribution is -2.37. The first-order chi connectivity index (χ1) is 61.1. The predicted molar refractivity (Wildman–Crippen MR) is 583 cm³/mol. The third kappa shape index (κ3) is 28.4. The van der Waals surface area contributed by atoms with Gasteiger partial charge >= 0.3 is 0 Å². The Morgan fingerprint density at radius 3 is 0.292 bits per heavy atom. The lowest BCUT2D eigenvalue weighted by Gasteiger charge is -2.30. The molecule has 0 bridgehead atoms. The second kappa shape index (κ2) is 50.8. The number of aliphatic imine (C=N–C) groups is 8. The lowest BCUT2D eigenvalue weighted by atomic mass is 9.78. The van der Waals surface area contributed by atoms with Gasteiger partial charge in [-0.05, 0) is 239 Å². The number of hydrogen-bond acceptors (Lipinski definition) is 8. The molecule has 8 rings (SSSR count). The molecular weight excluding hydrogens is 1580 g/mol. The molecule has 0 atom stereocenters. The van der Waals surface area contributed by atoms with E-state index in [1.54, 1.807) is 0 Å². The summed E-state index contributed by atoms with van der Waals surface area (Å²) in [6.45, 7) is 95.3. The molecule has 0 saturated carbocycles. The Labute approximate surface area is 795 Å². The first-order valence-corrected chi connectivity index (χ1v) is 50.5. The average molecular weight is 1760 g/mol. The Morgan fingerprint density at radius 2 is 0.231 bits per heavy atom. The Hall–Kier alpha value is -8.88. The summed E-state index contributed by atoms with van der Waals surface area (Å²) in [6, 6.07) is 53.8. The minimum Gasteiger partial charge on any atom is -0.257 e. The van der Waals surface area contributed by atoms with Crippen molar-refractivity contribution in [3.05, 3.63) is 235 Å². The molecule has 0 saturated heterocycles. The van der Waals surface area contributed by atoms with Crippen LogP contribution in [0.15, 0.2) is 186 Å². The lowest BCUT2D eigenvalue weighted by molar-refractivity contribution is 0.702. The van der Waals surface area contributed by atoms with Gasteiger partial charge in [-0.25, -0.2) is 0 Å². The Morgan fingerprint density at radius 1 is 0.154 bits per heavy atom. The molecule has 0 unspecified atom stereocenters. The van der Waals surface area contributed by atoms with Crippen molar-refractivity contribution in [3.8, 4) is 0 Å². The monoisotopic (exact) mass is 1760 g/mol. The summed E-state index contributed by atoms with van der Waals surface area (Å²) in [6.07, 6.45) is 5.54. The van der Waals surface area contributed by atoms with Crippen LogP contribution < -0.4 is 0 Å². The van der Waals surface area contributed by atoms with Crippen molar-refractivity contribution in [1.82, 2.24) is 0 Å². The molecule has 0 radical (unpaired) electrons. The molecular formula is C122H178N8. The van der Waals surface area contributed by atoms with Gasteiger partial charge in [0.15, 0.2) is 0 Å².